The third-order valence-corrected chi connectivity index (χ3v) is 4.56. The molecule has 0 N–H and O–H groups in total. The smallest absolute Gasteiger partial charge is 0.0469 e. The summed E-state index contributed by atoms with van der Waals surface area (Å²) in [6, 6.07) is 4.48. The molecule has 0 saturated carbocycles. The molecular weight excluding hydrogens is 184 g/mol. The van der Waals surface area contributed by atoms with Gasteiger partial charge in [0.15, 0.2) is 0 Å². The van der Waals surface area contributed by atoms with Gasteiger partial charge in [-0.15, -0.1) is 23.1 Å². The molecule has 1 unspecified atom stereocenters. The van der Waals surface area contributed by atoms with Crippen LogP contribution in [-0.2, 0) is 0 Å². The Morgan fingerprint density at radius 2 is 2.17 bits per heavy atom. The van der Waals surface area contributed by atoms with E-state index in [9.17, 15) is 0 Å². The number of rotatable bonds is 1. The molecule has 0 radical (unpaired) electrons. The molecule has 0 aromatic carbocycles. The Hall–Kier alpha value is -0.210. The van der Waals surface area contributed by atoms with Crippen molar-refractivity contribution in [3.05, 3.63) is 32.9 Å². The first-order valence-corrected chi connectivity index (χ1v) is 5.85. The average Bonchev–Trinajstić information content (AvgIpc) is 2.58. The van der Waals surface area contributed by atoms with E-state index in [1.54, 1.807) is 0 Å². The van der Waals surface area contributed by atoms with Gasteiger partial charge in [0.25, 0.3) is 0 Å². The van der Waals surface area contributed by atoms with E-state index >= 15 is 0 Å². The minimum absolute atomic E-state index is 0.712. The Labute approximate surface area is 81.7 Å². The molecular formula is C10H12S2. The molecule has 0 spiro atoms. The van der Waals surface area contributed by atoms with Crippen LogP contribution in [-0.4, -0.2) is 0 Å². The lowest BCUT2D eigenvalue weighted by Gasteiger charge is -2.04. The molecule has 0 amide bonds. The van der Waals surface area contributed by atoms with E-state index in [1.165, 1.54) is 21.1 Å². The Kier molecular flexibility index (Phi) is 2.28. The zero-order valence-electron chi connectivity index (χ0n) is 7.33. The molecule has 1 aliphatic heterocycles. The lowest BCUT2D eigenvalue weighted by molar-refractivity contribution is 1.02. The van der Waals surface area contributed by atoms with Crippen molar-refractivity contribution in [2.45, 2.75) is 25.5 Å². The van der Waals surface area contributed by atoms with Gasteiger partial charge in [0, 0.05) is 15.0 Å². The Balaban J connectivity index is 2.13. The summed E-state index contributed by atoms with van der Waals surface area (Å²) in [7, 11) is 0. The minimum atomic E-state index is 0.712. The molecule has 0 bridgehead atoms. The van der Waals surface area contributed by atoms with Crippen LogP contribution in [0, 0.1) is 6.92 Å². The SMILES string of the molecule is CC1=CCC(c2ccc(C)s2)S1. The van der Waals surface area contributed by atoms with Crippen molar-refractivity contribution in [2.75, 3.05) is 0 Å². The molecule has 1 aromatic heterocycles. The van der Waals surface area contributed by atoms with E-state index in [4.69, 9.17) is 0 Å². The summed E-state index contributed by atoms with van der Waals surface area (Å²) in [6.07, 6.45) is 3.56. The zero-order chi connectivity index (χ0) is 8.55. The lowest BCUT2D eigenvalue weighted by atomic mass is 10.2. The summed E-state index contributed by atoms with van der Waals surface area (Å²) in [4.78, 5) is 4.44. The Bertz CT molecular complexity index is 309. The van der Waals surface area contributed by atoms with Gasteiger partial charge in [0.2, 0.25) is 0 Å². The highest BCUT2D eigenvalue weighted by Gasteiger charge is 2.18. The maximum atomic E-state index is 2.34. The van der Waals surface area contributed by atoms with Gasteiger partial charge in [-0.1, -0.05) is 6.08 Å². The van der Waals surface area contributed by atoms with E-state index in [0.717, 1.165) is 0 Å². The van der Waals surface area contributed by atoms with Crippen LogP contribution in [0.4, 0.5) is 0 Å². The summed E-state index contributed by atoms with van der Waals surface area (Å²) >= 11 is 3.94. The van der Waals surface area contributed by atoms with Gasteiger partial charge in [-0.3, -0.25) is 0 Å². The van der Waals surface area contributed by atoms with Crippen LogP contribution in [0.5, 0.6) is 0 Å². The van der Waals surface area contributed by atoms with Gasteiger partial charge >= 0.3 is 0 Å². The highest BCUT2D eigenvalue weighted by atomic mass is 32.2. The van der Waals surface area contributed by atoms with Crippen LogP contribution in [0.25, 0.3) is 0 Å². The number of thioether (sulfide) groups is 1. The molecule has 2 rings (SSSR count). The summed E-state index contributed by atoms with van der Waals surface area (Å²) in [5, 5.41) is 0.712. The number of allylic oxidation sites excluding steroid dienone is 2. The second-order valence-corrected chi connectivity index (χ2v) is 5.87. The molecule has 64 valence electrons. The molecule has 2 heteroatoms. The predicted octanol–water partition coefficient (Wildman–Crippen LogP) is 4.14. The number of thiophene rings is 1. The topological polar surface area (TPSA) is 0 Å². The third-order valence-electron chi connectivity index (χ3n) is 2.03. The first-order chi connectivity index (χ1) is 5.75. The van der Waals surface area contributed by atoms with Crippen LogP contribution < -0.4 is 0 Å². The van der Waals surface area contributed by atoms with Gasteiger partial charge in [-0.2, -0.15) is 0 Å². The summed E-state index contributed by atoms with van der Waals surface area (Å²) in [5.41, 5.74) is 0. The highest BCUT2D eigenvalue weighted by Crippen LogP contribution is 2.45. The summed E-state index contributed by atoms with van der Waals surface area (Å²) < 4.78 is 0. The minimum Gasteiger partial charge on any atom is -0.145 e. The normalized spacial score (nSPS) is 22.8. The molecule has 12 heavy (non-hydrogen) atoms. The lowest BCUT2D eigenvalue weighted by Crippen LogP contribution is -1.81. The first-order valence-electron chi connectivity index (χ1n) is 4.15. The third kappa shape index (κ3) is 1.59. The van der Waals surface area contributed by atoms with Crippen LogP contribution in [0.3, 0.4) is 0 Å². The molecule has 0 aliphatic carbocycles. The number of hydrogen-bond donors (Lipinski definition) is 0. The van der Waals surface area contributed by atoms with Crippen LogP contribution in [0.2, 0.25) is 0 Å². The first kappa shape index (κ1) is 8.39. The van der Waals surface area contributed by atoms with Gasteiger partial charge in [-0.25, -0.2) is 0 Å². The van der Waals surface area contributed by atoms with Crippen molar-refractivity contribution < 1.29 is 0 Å². The van der Waals surface area contributed by atoms with Crippen molar-refractivity contribution in [2.24, 2.45) is 0 Å². The van der Waals surface area contributed by atoms with Gasteiger partial charge in [-0.05, 0) is 37.3 Å². The predicted molar refractivity (Wildman–Crippen MR) is 57.8 cm³/mol. The largest absolute Gasteiger partial charge is 0.145 e. The molecule has 1 atom stereocenters. The van der Waals surface area contributed by atoms with Crippen molar-refractivity contribution in [1.82, 2.24) is 0 Å². The fourth-order valence-electron chi connectivity index (χ4n) is 1.39. The van der Waals surface area contributed by atoms with Gasteiger partial charge in [0.05, 0.1) is 0 Å². The van der Waals surface area contributed by atoms with Gasteiger partial charge in [0.1, 0.15) is 0 Å². The molecule has 0 fully saturated rings. The fourth-order valence-corrected chi connectivity index (χ4v) is 3.58. The number of hydrogen-bond acceptors (Lipinski definition) is 2. The van der Waals surface area contributed by atoms with E-state index in [1.807, 2.05) is 23.1 Å². The zero-order valence-corrected chi connectivity index (χ0v) is 8.97. The Morgan fingerprint density at radius 1 is 1.33 bits per heavy atom. The van der Waals surface area contributed by atoms with Crippen molar-refractivity contribution >= 4 is 23.1 Å². The van der Waals surface area contributed by atoms with E-state index in [-0.39, 0.29) is 0 Å². The molecule has 0 saturated heterocycles. The fraction of sp³-hybridized carbons (Fsp3) is 0.400. The molecule has 2 heterocycles. The maximum Gasteiger partial charge on any atom is 0.0469 e. The monoisotopic (exact) mass is 196 g/mol. The van der Waals surface area contributed by atoms with Crippen LogP contribution in [0.1, 0.15) is 28.3 Å². The molecule has 1 aliphatic rings. The second kappa shape index (κ2) is 3.27. The van der Waals surface area contributed by atoms with Crippen molar-refractivity contribution in [3.8, 4) is 0 Å². The van der Waals surface area contributed by atoms with E-state index in [0.29, 0.717) is 5.25 Å². The number of aryl methyl sites for hydroxylation is 1. The average molecular weight is 196 g/mol. The highest BCUT2D eigenvalue weighted by molar-refractivity contribution is 8.03. The van der Waals surface area contributed by atoms with Crippen LogP contribution in [0.15, 0.2) is 23.1 Å². The quantitative estimate of drug-likeness (QED) is 0.650. The maximum absolute atomic E-state index is 2.34. The van der Waals surface area contributed by atoms with Crippen molar-refractivity contribution in [3.63, 3.8) is 0 Å². The van der Waals surface area contributed by atoms with E-state index < -0.39 is 0 Å². The standard InChI is InChI=1S/C10H12S2/c1-7-3-5-9(11-7)10-6-4-8(2)12-10/h3-5,10H,6H2,1-2H3. The van der Waals surface area contributed by atoms with E-state index in [2.05, 4.69) is 32.1 Å². The van der Waals surface area contributed by atoms with Crippen LogP contribution >= 0.6 is 23.1 Å². The van der Waals surface area contributed by atoms with Crippen molar-refractivity contribution in [1.29, 1.82) is 0 Å². The van der Waals surface area contributed by atoms with Gasteiger partial charge < -0.3 is 0 Å². The molecule has 1 aromatic rings. The second-order valence-electron chi connectivity index (χ2n) is 3.11. The summed E-state index contributed by atoms with van der Waals surface area (Å²) in [6.45, 7) is 4.37. The molecule has 0 nitrogen and oxygen atoms in total. The summed E-state index contributed by atoms with van der Waals surface area (Å²) in [5.74, 6) is 0. The Morgan fingerprint density at radius 3 is 2.67 bits per heavy atom.